The number of fused-ring (bicyclic) bond motifs is 1. The van der Waals surface area contributed by atoms with E-state index in [4.69, 9.17) is 61.3 Å². The van der Waals surface area contributed by atoms with Gasteiger partial charge in [-0.3, -0.25) is 4.79 Å². The van der Waals surface area contributed by atoms with E-state index in [-0.39, 0.29) is 22.8 Å². The van der Waals surface area contributed by atoms with Crippen LogP contribution in [0.25, 0.3) is 34.4 Å². The summed E-state index contributed by atoms with van der Waals surface area (Å²) >= 11 is 0. The van der Waals surface area contributed by atoms with Gasteiger partial charge in [0.05, 0.1) is 19.3 Å². The number of aliphatic hydroxyl groups excluding tert-OH is 14. The van der Waals surface area contributed by atoms with Gasteiger partial charge in [0.15, 0.2) is 30.7 Å². The zero-order chi connectivity index (χ0) is 69.8. The van der Waals surface area contributed by atoms with E-state index in [0.29, 0.717) is 11.1 Å². The molecule has 0 bridgehead atoms. The van der Waals surface area contributed by atoms with Crippen LogP contribution >= 0.6 is 0 Å². The second kappa shape index (κ2) is 31.1. The Morgan fingerprint density at radius 3 is 1.32 bits per heavy atom. The molecule has 25 unspecified atom stereocenters. The molecule has 0 aliphatic carbocycles. The average Bonchev–Trinajstić information content (AvgIpc) is 0.753. The van der Waals surface area contributed by atoms with Gasteiger partial charge >= 0.3 is 11.9 Å². The van der Waals surface area contributed by atoms with Crippen LogP contribution in [0.1, 0.15) is 18.1 Å². The Labute approximate surface area is 547 Å². The molecule has 0 spiro atoms. The molecule has 10 rings (SSSR count). The van der Waals surface area contributed by atoms with Gasteiger partial charge in [0, 0.05) is 29.8 Å². The monoisotopic (exact) mass is 1370 g/mol. The van der Waals surface area contributed by atoms with E-state index >= 15 is 4.79 Å². The van der Waals surface area contributed by atoms with Crippen LogP contribution in [0.5, 0.6) is 34.5 Å². The number of phenols is 4. The molecule has 5 fully saturated rings. The molecule has 5 aromatic rings. The lowest BCUT2D eigenvalue weighted by Crippen LogP contribution is -2.68. The first-order chi connectivity index (χ1) is 46.2. The summed E-state index contributed by atoms with van der Waals surface area (Å²) < 4.78 is 78.0. The Kier molecular flexibility index (Phi) is 23.1. The standard InChI is InChI=1S/C63H72O34/c1-24-54(94-60-51(82)47(78)42(73)35(21-65)91-60)57(96-61-52(83)48(79)43(74)36(92-61)22-85-38(70)16-6-25-2-10-28(66)11-3-25)58(97-62-53(84)49(80)44(75)37(93-62)23-86-39(71)17-7-26-4-12-29(67)13-5-26)63(87-24)95-56-45(76)40-32(69)18-31(88-59-50(81)46(77)41(72)34(20-64)90-59)19-33(40)89-55(56)27-8-14-30(68)15-9-27/h2-19,24,34-37,41-44,46-54,57-69,72-75,77-84H,20-23H2,1H3. The van der Waals surface area contributed by atoms with Crippen LogP contribution in [0.3, 0.4) is 0 Å². The molecule has 5 aliphatic rings. The molecule has 0 radical (unpaired) electrons. The quantitative estimate of drug-likeness (QED) is 0.0244. The average molecular weight is 1370 g/mol. The van der Waals surface area contributed by atoms with Crippen molar-refractivity contribution in [2.45, 2.75) is 160 Å². The molecule has 4 aromatic carbocycles. The number of ether oxygens (including phenoxy) is 12. The van der Waals surface area contributed by atoms with Crippen LogP contribution in [0.4, 0.5) is 0 Å². The summed E-state index contributed by atoms with van der Waals surface area (Å²) in [5.41, 5.74) is -0.972. The highest BCUT2D eigenvalue weighted by molar-refractivity contribution is 5.89. The summed E-state index contributed by atoms with van der Waals surface area (Å²) in [5.74, 6) is -5.32. The van der Waals surface area contributed by atoms with Gasteiger partial charge in [0.2, 0.25) is 23.8 Å². The van der Waals surface area contributed by atoms with Crippen molar-refractivity contribution in [3.8, 4) is 45.8 Å². The van der Waals surface area contributed by atoms with Crippen LogP contribution in [-0.4, -0.2) is 284 Å². The van der Waals surface area contributed by atoms with Crippen molar-refractivity contribution >= 4 is 35.1 Å². The van der Waals surface area contributed by atoms with Crippen LogP contribution < -0.4 is 14.9 Å². The molecule has 25 atom stereocenters. The zero-order valence-corrected chi connectivity index (χ0v) is 50.7. The highest BCUT2D eigenvalue weighted by Gasteiger charge is 2.58. The summed E-state index contributed by atoms with van der Waals surface area (Å²) in [6.45, 7) is -2.36. The minimum absolute atomic E-state index is 0.0641. The molecule has 0 saturated carbocycles. The Morgan fingerprint density at radius 1 is 0.454 bits per heavy atom. The number of benzene rings is 4. The summed E-state index contributed by atoms with van der Waals surface area (Å²) in [6, 6.07) is 17.9. The van der Waals surface area contributed by atoms with Crippen molar-refractivity contribution < 1.29 is 163 Å². The normalized spacial score (nSPS) is 35.6. The van der Waals surface area contributed by atoms with E-state index in [1.807, 2.05) is 0 Å². The first-order valence-electron chi connectivity index (χ1n) is 30.1. The van der Waals surface area contributed by atoms with Gasteiger partial charge in [-0.1, -0.05) is 24.3 Å². The fourth-order valence-corrected chi connectivity index (χ4v) is 11.1. The third-order valence-corrected chi connectivity index (χ3v) is 16.5. The van der Waals surface area contributed by atoms with E-state index in [2.05, 4.69) is 0 Å². The number of carbonyl (C=O) groups is 2. The van der Waals surface area contributed by atoms with Gasteiger partial charge in [-0.15, -0.1) is 0 Å². The lowest BCUT2D eigenvalue weighted by Gasteiger charge is -2.50. The third kappa shape index (κ3) is 16.1. The number of carbonyl (C=O) groups excluding carboxylic acids is 2. The van der Waals surface area contributed by atoms with E-state index in [9.17, 15) is 102 Å². The molecule has 0 amide bonds. The maximum Gasteiger partial charge on any atom is 0.330 e. The Balaban J connectivity index is 1.06. The zero-order valence-electron chi connectivity index (χ0n) is 50.7. The van der Waals surface area contributed by atoms with E-state index in [0.717, 1.165) is 36.4 Å². The summed E-state index contributed by atoms with van der Waals surface area (Å²) in [7, 11) is 0. The number of aliphatic hydroxyl groups is 14. The van der Waals surface area contributed by atoms with Crippen molar-refractivity contribution in [3.05, 3.63) is 118 Å². The maximum atomic E-state index is 15.3. The minimum atomic E-state index is -2.35. The van der Waals surface area contributed by atoms with Gasteiger partial charge in [-0.05, 0) is 78.7 Å². The highest BCUT2D eigenvalue weighted by Crippen LogP contribution is 2.42. The third-order valence-electron chi connectivity index (χ3n) is 16.5. The molecule has 6 heterocycles. The number of phenolic OH excluding ortho intramolecular Hbond substituents is 4. The smallest absolute Gasteiger partial charge is 0.330 e. The van der Waals surface area contributed by atoms with Crippen molar-refractivity contribution in [1.29, 1.82) is 0 Å². The molecule has 5 saturated heterocycles. The molecule has 97 heavy (non-hydrogen) atoms. The number of hydrogen-bond acceptors (Lipinski definition) is 34. The lowest BCUT2D eigenvalue weighted by atomic mass is 9.95. The van der Waals surface area contributed by atoms with E-state index in [1.54, 1.807) is 0 Å². The molecule has 18 N–H and O–H groups in total. The lowest BCUT2D eigenvalue weighted by molar-refractivity contribution is -0.400. The predicted octanol–water partition coefficient (Wildman–Crippen LogP) is -4.33. The van der Waals surface area contributed by atoms with Crippen LogP contribution in [0.15, 0.2) is 106 Å². The fourth-order valence-electron chi connectivity index (χ4n) is 11.1. The first-order valence-corrected chi connectivity index (χ1v) is 30.1. The fraction of sp³-hybridized carbons (Fsp3) is 0.476. The van der Waals surface area contributed by atoms with E-state index in [1.165, 1.54) is 79.7 Å². The maximum absolute atomic E-state index is 15.3. The van der Waals surface area contributed by atoms with Crippen molar-refractivity contribution in [2.24, 2.45) is 0 Å². The number of rotatable bonds is 21. The van der Waals surface area contributed by atoms with Crippen LogP contribution in [-0.2, 0) is 57.0 Å². The van der Waals surface area contributed by atoms with Crippen molar-refractivity contribution in [2.75, 3.05) is 26.4 Å². The molecule has 34 nitrogen and oxygen atoms in total. The molecule has 5 aliphatic heterocycles. The molecule has 528 valence electrons. The largest absolute Gasteiger partial charge is 0.508 e. The molecular formula is C63H72O34. The van der Waals surface area contributed by atoms with E-state index < -0.39 is 231 Å². The summed E-state index contributed by atoms with van der Waals surface area (Å²) in [6.07, 6.45) is -46.4. The Hall–Kier alpha value is -7.57. The highest BCUT2D eigenvalue weighted by atomic mass is 16.8. The van der Waals surface area contributed by atoms with Gasteiger partial charge in [-0.2, -0.15) is 0 Å². The van der Waals surface area contributed by atoms with Crippen LogP contribution in [0.2, 0.25) is 0 Å². The molecule has 34 heteroatoms. The predicted molar refractivity (Wildman–Crippen MR) is 319 cm³/mol. The first kappa shape index (κ1) is 72.2. The van der Waals surface area contributed by atoms with Gasteiger partial charge in [0.1, 0.15) is 163 Å². The van der Waals surface area contributed by atoms with Crippen molar-refractivity contribution in [1.82, 2.24) is 0 Å². The minimum Gasteiger partial charge on any atom is -0.508 e. The van der Waals surface area contributed by atoms with Gasteiger partial charge < -0.3 is 153 Å². The Bertz CT molecular complexity index is 3590. The molecule has 1 aromatic heterocycles. The second-order valence-electron chi connectivity index (χ2n) is 23.2. The van der Waals surface area contributed by atoms with Gasteiger partial charge in [0.25, 0.3) is 0 Å². The second-order valence-corrected chi connectivity index (χ2v) is 23.2. The number of esters is 2. The van der Waals surface area contributed by atoms with Crippen molar-refractivity contribution in [3.63, 3.8) is 0 Å². The topological polar surface area (TPSA) is 539 Å². The number of aromatic hydroxyl groups is 4. The molecular weight excluding hydrogens is 1300 g/mol. The summed E-state index contributed by atoms with van der Waals surface area (Å²) in [4.78, 5) is 41.4. The number of hydrogen-bond donors (Lipinski definition) is 18. The van der Waals surface area contributed by atoms with Crippen LogP contribution in [0, 0.1) is 0 Å². The summed E-state index contributed by atoms with van der Waals surface area (Å²) in [5, 5.41) is 195. The SMILES string of the molecule is CC1OC(Oc2c(-c3ccc(O)cc3)oc3cc(OC4OC(CO)C(O)C(O)C4O)cc(O)c3c2=O)C(OC2OC(COC(=O)C=Cc3ccc(O)cc3)C(O)C(O)C2O)C(OC2OC(COC(=O)C=Cc3ccc(O)cc3)C(O)C(O)C2O)C1OC1OC(CO)C(O)C(O)C1O. The van der Waals surface area contributed by atoms with Gasteiger partial charge in [-0.25, -0.2) is 9.59 Å². The Morgan fingerprint density at radius 2 is 0.856 bits per heavy atom.